The number of aromatic nitrogens is 2. The highest BCUT2D eigenvalue weighted by Gasteiger charge is 1.98. The van der Waals surface area contributed by atoms with Crippen molar-refractivity contribution in [1.82, 2.24) is 9.61 Å². The van der Waals surface area contributed by atoms with E-state index in [-0.39, 0.29) is 0 Å². The average molecular weight is 135 g/mol. The second-order valence-electron chi connectivity index (χ2n) is 1.89. The summed E-state index contributed by atoms with van der Waals surface area (Å²) >= 11 is 0. The molecule has 2 rings (SSSR count). The maximum atomic E-state index is 6.86. The zero-order chi connectivity index (χ0) is 6.97. The van der Waals surface area contributed by atoms with Gasteiger partial charge in [0.25, 0.3) is 0 Å². The van der Waals surface area contributed by atoms with Crippen molar-refractivity contribution >= 4 is 11.9 Å². The molecule has 2 aromatic rings. The van der Waals surface area contributed by atoms with Gasteiger partial charge in [-0.15, -0.1) is 0 Å². The van der Waals surface area contributed by atoms with Gasteiger partial charge in [0, 0.05) is 6.07 Å². The van der Waals surface area contributed by atoms with Crippen LogP contribution in [0.5, 0.6) is 0 Å². The molecule has 2 aromatic heterocycles. The van der Waals surface area contributed by atoms with Crippen LogP contribution in [0.3, 0.4) is 0 Å². The van der Waals surface area contributed by atoms with Crippen molar-refractivity contribution in [2.75, 3.05) is 0 Å². The van der Waals surface area contributed by atoms with Crippen LogP contribution in [0.15, 0.2) is 22.9 Å². The van der Waals surface area contributed by atoms with E-state index in [9.17, 15) is 0 Å². The molecule has 4 nitrogen and oxygen atoms in total. The Morgan fingerprint density at radius 1 is 1.70 bits per heavy atom. The molecule has 0 fully saturated rings. The molecule has 0 saturated heterocycles. The SMILES string of the molecule is N=Cc1cn2nccc2o1. The van der Waals surface area contributed by atoms with Gasteiger partial charge < -0.3 is 9.83 Å². The van der Waals surface area contributed by atoms with E-state index in [0.717, 1.165) is 6.21 Å². The second kappa shape index (κ2) is 1.70. The van der Waals surface area contributed by atoms with Gasteiger partial charge in [0.2, 0.25) is 5.71 Å². The van der Waals surface area contributed by atoms with Crippen LogP contribution < -0.4 is 0 Å². The molecule has 0 aliphatic carbocycles. The van der Waals surface area contributed by atoms with Crippen molar-refractivity contribution in [1.29, 1.82) is 5.41 Å². The molecule has 2 heterocycles. The van der Waals surface area contributed by atoms with Gasteiger partial charge in [-0.05, 0) is 0 Å². The molecule has 50 valence electrons. The van der Waals surface area contributed by atoms with E-state index in [0.29, 0.717) is 11.5 Å². The average Bonchev–Trinajstić information content (AvgIpc) is 2.42. The maximum Gasteiger partial charge on any atom is 0.222 e. The third kappa shape index (κ3) is 0.556. The number of hydrogen-bond acceptors (Lipinski definition) is 3. The first-order chi connectivity index (χ1) is 4.90. The van der Waals surface area contributed by atoms with Crippen LogP contribution in [0.2, 0.25) is 0 Å². The first-order valence-electron chi connectivity index (χ1n) is 2.84. The number of nitrogens with zero attached hydrogens (tertiary/aromatic N) is 2. The van der Waals surface area contributed by atoms with Gasteiger partial charge in [0.05, 0.1) is 18.6 Å². The molecular weight excluding hydrogens is 130 g/mol. The van der Waals surface area contributed by atoms with E-state index in [2.05, 4.69) is 5.10 Å². The predicted molar refractivity (Wildman–Crippen MR) is 35.3 cm³/mol. The van der Waals surface area contributed by atoms with Crippen molar-refractivity contribution in [3.63, 3.8) is 0 Å². The van der Waals surface area contributed by atoms with Crippen molar-refractivity contribution in [2.45, 2.75) is 0 Å². The quantitative estimate of drug-likeness (QED) is 0.591. The van der Waals surface area contributed by atoms with Crippen LogP contribution >= 0.6 is 0 Å². The van der Waals surface area contributed by atoms with Gasteiger partial charge in [-0.1, -0.05) is 0 Å². The highest BCUT2D eigenvalue weighted by atomic mass is 16.4. The fourth-order valence-corrected chi connectivity index (χ4v) is 0.814. The molecule has 0 aromatic carbocycles. The van der Waals surface area contributed by atoms with E-state index in [1.165, 1.54) is 0 Å². The lowest BCUT2D eigenvalue weighted by Crippen LogP contribution is -1.77. The van der Waals surface area contributed by atoms with Gasteiger partial charge in [-0.2, -0.15) is 5.10 Å². The highest BCUT2D eigenvalue weighted by Crippen LogP contribution is 2.05. The largest absolute Gasteiger partial charge is 0.436 e. The summed E-state index contributed by atoms with van der Waals surface area (Å²) in [6, 6.07) is 1.74. The van der Waals surface area contributed by atoms with Crippen LogP contribution in [0.25, 0.3) is 5.71 Å². The van der Waals surface area contributed by atoms with E-state index >= 15 is 0 Å². The van der Waals surface area contributed by atoms with Crippen LogP contribution in [-0.4, -0.2) is 15.8 Å². The van der Waals surface area contributed by atoms with Crippen molar-refractivity contribution in [3.8, 4) is 0 Å². The summed E-state index contributed by atoms with van der Waals surface area (Å²) in [6.45, 7) is 0. The molecule has 0 spiro atoms. The number of rotatable bonds is 1. The minimum absolute atomic E-state index is 0.517. The minimum Gasteiger partial charge on any atom is -0.436 e. The van der Waals surface area contributed by atoms with Crippen LogP contribution in [0.4, 0.5) is 0 Å². The zero-order valence-electron chi connectivity index (χ0n) is 5.11. The summed E-state index contributed by atoms with van der Waals surface area (Å²) < 4.78 is 6.70. The Bertz CT molecular complexity index is 331. The van der Waals surface area contributed by atoms with Gasteiger partial charge in [0.1, 0.15) is 0 Å². The number of fused-ring (bicyclic) bond motifs is 1. The van der Waals surface area contributed by atoms with Gasteiger partial charge in [-0.25, -0.2) is 4.52 Å². The van der Waals surface area contributed by atoms with Crippen molar-refractivity contribution in [3.05, 3.63) is 24.2 Å². The van der Waals surface area contributed by atoms with Gasteiger partial charge in [0.15, 0.2) is 5.76 Å². The summed E-state index contributed by atoms with van der Waals surface area (Å²) in [6.07, 6.45) is 4.45. The Morgan fingerprint density at radius 2 is 2.60 bits per heavy atom. The Kier molecular flexibility index (Phi) is 0.887. The molecule has 0 amide bonds. The summed E-state index contributed by atoms with van der Waals surface area (Å²) in [4.78, 5) is 0. The molecule has 0 bridgehead atoms. The molecule has 10 heavy (non-hydrogen) atoms. The minimum atomic E-state index is 0.517. The first kappa shape index (κ1) is 5.22. The Balaban J connectivity index is 2.78. The highest BCUT2D eigenvalue weighted by molar-refractivity contribution is 5.73. The molecule has 0 aliphatic heterocycles. The molecule has 0 aliphatic rings. The fraction of sp³-hybridized carbons (Fsp3) is 0. The van der Waals surface area contributed by atoms with E-state index in [1.54, 1.807) is 23.0 Å². The first-order valence-corrected chi connectivity index (χ1v) is 2.84. The number of nitrogens with one attached hydrogen (secondary N) is 1. The molecule has 0 saturated carbocycles. The maximum absolute atomic E-state index is 6.86. The lowest BCUT2D eigenvalue weighted by atomic mass is 10.6. The van der Waals surface area contributed by atoms with Crippen LogP contribution in [-0.2, 0) is 0 Å². The Hall–Kier alpha value is -1.58. The van der Waals surface area contributed by atoms with E-state index < -0.39 is 0 Å². The molecule has 0 atom stereocenters. The molecular formula is C6H5N3O. The monoisotopic (exact) mass is 135 g/mol. The Morgan fingerprint density at radius 3 is 3.30 bits per heavy atom. The summed E-state index contributed by atoms with van der Waals surface area (Å²) in [5.74, 6) is 0.517. The molecule has 1 N–H and O–H groups in total. The van der Waals surface area contributed by atoms with E-state index in [1.807, 2.05) is 0 Å². The Labute approximate surface area is 56.6 Å². The van der Waals surface area contributed by atoms with Gasteiger partial charge >= 0.3 is 0 Å². The molecule has 0 unspecified atom stereocenters. The van der Waals surface area contributed by atoms with E-state index in [4.69, 9.17) is 9.83 Å². The normalized spacial score (nSPS) is 10.4. The topological polar surface area (TPSA) is 54.3 Å². The standard InChI is InChI=1S/C6H5N3O/c7-3-5-4-9-6(10-5)1-2-8-9/h1-4,7H. The smallest absolute Gasteiger partial charge is 0.222 e. The molecule has 4 heteroatoms. The molecule has 0 radical (unpaired) electrons. The van der Waals surface area contributed by atoms with Crippen molar-refractivity contribution in [2.24, 2.45) is 0 Å². The fourth-order valence-electron chi connectivity index (χ4n) is 0.814. The second-order valence-corrected chi connectivity index (χ2v) is 1.89. The van der Waals surface area contributed by atoms with Gasteiger partial charge in [-0.3, -0.25) is 0 Å². The lowest BCUT2D eigenvalue weighted by molar-refractivity contribution is 0.598. The van der Waals surface area contributed by atoms with Crippen LogP contribution in [0, 0.1) is 5.41 Å². The van der Waals surface area contributed by atoms with Crippen LogP contribution in [0.1, 0.15) is 5.76 Å². The summed E-state index contributed by atoms with van der Waals surface area (Å²) in [7, 11) is 0. The number of oxazole rings is 1. The summed E-state index contributed by atoms with van der Waals surface area (Å²) in [5.41, 5.74) is 0.665. The predicted octanol–water partition coefficient (Wildman–Crippen LogP) is 0.925. The summed E-state index contributed by atoms with van der Waals surface area (Å²) in [5, 5.41) is 10.8. The third-order valence-electron chi connectivity index (χ3n) is 1.25. The third-order valence-corrected chi connectivity index (χ3v) is 1.25. The van der Waals surface area contributed by atoms with Crippen molar-refractivity contribution < 1.29 is 4.42 Å². The lowest BCUT2D eigenvalue weighted by Gasteiger charge is -1.72. The zero-order valence-corrected chi connectivity index (χ0v) is 5.11. The number of hydrogen-bond donors (Lipinski definition) is 1.